The summed E-state index contributed by atoms with van der Waals surface area (Å²) in [5, 5.41) is 4.13. The Morgan fingerprint density at radius 2 is 2.00 bits per heavy atom. The SMILES string of the molecule is Cc1ccc(NCc2cccc(Cl)c2)c(C)n1. The normalized spacial score (nSPS) is 10.3. The van der Waals surface area contributed by atoms with E-state index in [-0.39, 0.29) is 0 Å². The molecule has 1 aromatic heterocycles. The van der Waals surface area contributed by atoms with Gasteiger partial charge in [0.05, 0.1) is 11.4 Å². The molecule has 1 aromatic carbocycles. The maximum atomic E-state index is 5.94. The Bertz CT molecular complexity index is 523. The lowest BCUT2D eigenvalue weighted by molar-refractivity contribution is 1.08. The Hall–Kier alpha value is -1.54. The zero-order valence-corrected chi connectivity index (χ0v) is 10.8. The van der Waals surface area contributed by atoms with Gasteiger partial charge in [0.25, 0.3) is 0 Å². The zero-order valence-electron chi connectivity index (χ0n) is 10.00. The van der Waals surface area contributed by atoms with Crippen LogP contribution in [0.15, 0.2) is 36.4 Å². The van der Waals surface area contributed by atoms with Gasteiger partial charge < -0.3 is 5.32 Å². The minimum Gasteiger partial charge on any atom is -0.380 e. The van der Waals surface area contributed by atoms with Crippen LogP contribution in [0.4, 0.5) is 5.69 Å². The summed E-state index contributed by atoms with van der Waals surface area (Å²) in [6.07, 6.45) is 0. The third-order valence-corrected chi connectivity index (χ3v) is 2.83. The highest BCUT2D eigenvalue weighted by Gasteiger charge is 2.00. The average molecular weight is 247 g/mol. The van der Waals surface area contributed by atoms with Crippen molar-refractivity contribution in [3.63, 3.8) is 0 Å². The molecule has 88 valence electrons. The fraction of sp³-hybridized carbons (Fsp3) is 0.214. The van der Waals surface area contributed by atoms with Crippen molar-refractivity contribution in [1.29, 1.82) is 0 Å². The van der Waals surface area contributed by atoms with Gasteiger partial charge in [0.2, 0.25) is 0 Å². The molecule has 3 heteroatoms. The number of halogens is 1. The van der Waals surface area contributed by atoms with E-state index in [4.69, 9.17) is 11.6 Å². The summed E-state index contributed by atoms with van der Waals surface area (Å²) in [4.78, 5) is 4.41. The maximum Gasteiger partial charge on any atom is 0.0606 e. The Morgan fingerprint density at radius 1 is 1.18 bits per heavy atom. The third-order valence-electron chi connectivity index (χ3n) is 2.60. The van der Waals surface area contributed by atoms with Crippen molar-refractivity contribution in [2.45, 2.75) is 20.4 Å². The average Bonchev–Trinajstić information content (AvgIpc) is 2.28. The van der Waals surface area contributed by atoms with Crippen LogP contribution >= 0.6 is 11.6 Å². The number of pyridine rings is 1. The molecule has 0 aliphatic heterocycles. The highest BCUT2D eigenvalue weighted by molar-refractivity contribution is 6.30. The van der Waals surface area contributed by atoms with E-state index in [1.165, 1.54) is 0 Å². The molecule has 2 rings (SSSR count). The molecular formula is C14H15ClN2. The Kier molecular flexibility index (Phi) is 3.64. The largest absolute Gasteiger partial charge is 0.380 e. The Labute approximate surface area is 107 Å². The summed E-state index contributed by atoms with van der Waals surface area (Å²) in [5.41, 5.74) is 4.29. The van der Waals surface area contributed by atoms with Gasteiger partial charge in [-0.15, -0.1) is 0 Å². The Morgan fingerprint density at radius 3 is 2.71 bits per heavy atom. The van der Waals surface area contributed by atoms with Crippen LogP contribution < -0.4 is 5.32 Å². The van der Waals surface area contributed by atoms with Crippen LogP contribution in [0.25, 0.3) is 0 Å². The zero-order chi connectivity index (χ0) is 12.3. The molecule has 0 radical (unpaired) electrons. The molecule has 0 saturated heterocycles. The number of nitrogens with zero attached hydrogens (tertiary/aromatic N) is 1. The van der Waals surface area contributed by atoms with Crippen LogP contribution in [0.1, 0.15) is 17.0 Å². The quantitative estimate of drug-likeness (QED) is 0.887. The van der Waals surface area contributed by atoms with E-state index in [1.54, 1.807) is 0 Å². The van der Waals surface area contributed by atoms with Gasteiger partial charge in [-0.25, -0.2) is 0 Å². The topological polar surface area (TPSA) is 24.9 Å². The highest BCUT2D eigenvalue weighted by Crippen LogP contribution is 2.15. The molecule has 17 heavy (non-hydrogen) atoms. The smallest absolute Gasteiger partial charge is 0.0606 e. The molecule has 0 unspecified atom stereocenters. The predicted octanol–water partition coefficient (Wildman–Crippen LogP) is 3.96. The van der Waals surface area contributed by atoms with Crippen molar-refractivity contribution >= 4 is 17.3 Å². The minimum absolute atomic E-state index is 0.756. The van der Waals surface area contributed by atoms with Crippen LogP contribution in [0.2, 0.25) is 5.02 Å². The fourth-order valence-electron chi connectivity index (χ4n) is 1.72. The van der Waals surface area contributed by atoms with E-state index in [1.807, 2.05) is 38.1 Å². The van der Waals surface area contributed by atoms with Crippen LogP contribution in [-0.2, 0) is 6.54 Å². The molecule has 0 spiro atoms. The molecule has 0 atom stereocenters. The minimum atomic E-state index is 0.756. The number of rotatable bonds is 3. The Balaban J connectivity index is 2.07. The number of hydrogen-bond acceptors (Lipinski definition) is 2. The summed E-state index contributed by atoms with van der Waals surface area (Å²) >= 11 is 5.94. The van der Waals surface area contributed by atoms with Gasteiger partial charge in [0.1, 0.15) is 0 Å². The molecule has 0 aliphatic rings. The fourth-order valence-corrected chi connectivity index (χ4v) is 1.93. The van der Waals surface area contributed by atoms with Crippen molar-refractivity contribution in [1.82, 2.24) is 4.98 Å². The lowest BCUT2D eigenvalue weighted by Gasteiger charge is -2.09. The molecule has 0 saturated carbocycles. The first-order valence-corrected chi connectivity index (χ1v) is 5.95. The van der Waals surface area contributed by atoms with Crippen molar-refractivity contribution in [2.24, 2.45) is 0 Å². The first-order chi connectivity index (χ1) is 8.15. The lowest BCUT2D eigenvalue weighted by Crippen LogP contribution is -2.02. The second kappa shape index (κ2) is 5.19. The number of benzene rings is 1. The van der Waals surface area contributed by atoms with E-state index in [0.717, 1.165) is 34.2 Å². The number of aryl methyl sites for hydroxylation is 2. The van der Waals surface area contributed by atoms with E-state index >= 15 is 0 Å². The summed E-state index contributed by atoms with van der Waals surface area (Å²) in [6.45, 7) is 4.76. The first kappa shape index (κ1) is 11.9. The van der Waals surface area contributed by atoms with E-state index in [9.17, 15) is 0 Å². The van der Waals surface area contributed by atoms with Gasteiger partial charge in [-0.1, -0.05) is 23.7 Å². The molecule has 2 nitrogen and oxygen atoms in total. The van der Waals surface area contributed by atoms with Crippen molar-refractivity contribution in [2.75, 3.05) is 5.32 Å². The van der Waals surface area contributed by atoms with Gasteiger partial charge in [-0.3, -0.25) is 4.98 Å². The second-order valence-electron chi connectivity index (χ2n) is 4.07. The monoisotopic (exact) mass is 246 g/mol. The molecule has 1 N–H and O–H groups in total. The second-order valence-corrected chi connectivity index (χ2v) is 4.51. The van der Waals surface area contributed by atoms with E-state index in [2.05, 4.69) is 22.4 Å². The lowest BCUT2D eigenvalue weighted by atomic mass is 10.2. The van der Waals surface area contributed by atoms with Gasteiger partial charge in [-0.05, 0) is 43.7 Å². The van der Waals surface area contributed by atoms with Crippen molar-refractivity contribution in [3.8, 4) is 0 Å². The summed E-state index contributed by atoms with van der Waals surface area (Å²) in [5.74, 6) is 0. The highest BCUT2D eigenvalue weighted by atomic mass is 35.5. The van der Waals surface area contributed by atoms with Gasteiger partial charge in [-0.2, -0.15) is 0 Å². The number of anilines is 1. The van der Waals surface area contributed by atoms with Crippen molar-refractivity contribution < 1.29 is 0 Å². The molecule has 2 aromatic rings. The summed E-state index contributed by atoms with van der Waals surface area (Å²) in [7, 11) is 0. The number of aromatic nitrogens is 1. The molecule has 1 heterocycles. The third kappa shape index (κ3) is 3.21. The predicted molar refractivity (Wildman–Crippen MR) is 72.5 cm³/mol. The summed E-state index contributed by atoms with van der Waals surface area (Å²) in [6, 6.07) is 11.9. The van der Waals surface area contributed by atoms with Gasteiger partial charge in [0.15, 0.2) is 0 Å². The maximum absolute atomic E-state index is 5.94. The van der Waals surface area contributed by atoms with Crippen LogP contribution in [-0.4, -0.2) is 4.98 Å². The summed E-state index contributed by atoms with van der Waals surface area (Å²) < 4.78 is 0. The van der Waals surface area contributed by atoms with Crippen molar-refractivity contribution in [3.05, 3.63) is 58.4 Å². The van der Waals surface area contributed by atoms with Gasteiger partial charge in [0, 0.05) is 17.3 Å². The number of hydrogen-bond donors (Lipinski definition) is 1. The molecule has 0 bridgehead atoms. The molecule has 0 amide bonds. The van der Waals surface area contributed by atoms with E-state index < -0.39 is 0 Å². The van der Waals surface area contributed by atoms with Crippen LogP contribution in [0.5, 0.6) is 0 Å². The first-order valence-electron chi connectivity index (χ1n) is 5.58. The molecule has 0 fully saturated rings. The van der Waals surface area contributed by atoms with Gasteiger partial charge >= 0.3 is 0 Å². The standard InChI is InChI=1S/C14H15ClN2/c1-10-6-7-14(11(2)17-10)16-9-12-4-3-5-13(15)8-12/h3-8,16H,9H2,1-2H3. The van der Waals surface area contributed by atoms with Crippen LogP contribution in [0, 0.1) is 13.8 Å². The molecule has 0 aliphatic carbocycles. The van der Waals surface area contributed by atoms with E-state index in [0.29, 0.717) is 0 Å². The number of nitrogens with one attached hydrogen (secondary N) is 1. The molecular weight excluding hydrogens is 232 g/mol. The van der Waals surface area contributed by atoms with Crippen LogP contribution in [0.3, 0.4) is 0 Å².